The van der Waals surface area contributed by atoms with Crippen LogP contribution in [0.15, 0.2) is 36.4 Å². The van der Waals surface area contributed by atoms with Crippen molar-refractivity contribution in [3.63, 3.8) is 0 Å². The highest BCUT2D eigenvalue weighted by Crippen LogP contribution is 2.25. The van der Waals surface area contributed by atoms with Crippen molar-refractivity contribution in [1.82, 2.24) is 0 Å². The van der Waals surface area contributed by atoms with Crippen LogP contribution < -0.4 is 5.32 Å². The fourth-order valence-corrected chi connectivity index (χ4v) is 2.51. The van der Waals surface area contributed by atoms with Crippen LogP contribution in [0, 0.1) is 5.82 Å². The number of carbonyl (C=O) groups excluding carboxylic acids is 2. The number of amides is 1. The summed E-state index contributed by atoms with van der Waals surface area (Å²) in [5.74, 6) is -1.08. The molecule has 2 aromatic rings. The Morgan fingerprint density at radius 3 is 2.71 bits per heavy atom. The van der Waals surface area contributed by atoms with Gasteiger partial charge in [0.1, 0.15) is 5.82 Å². The molecule has 0 radical (unpaired) electrons. The van der Waals surface area contributed by atoms with Gasteiger partial charge in [0.15, 0.2) is 5.78 Å². The van der Waals surface area contributed by atoms with E-state index in [1.165, 1.54) is 12.1 Å². The van der Waals surface area contributed by atoms with Crippen molar-refractivity contribution in [2.45, 2.75) is 12.8 Å². The summed E-state index contributed by atoms with van der Waals surface area (Å²) in [4.78, 5) is 23.7. The van der Waals surface area contributed by atoms with Crippen molar-refractivity contribution in [3.8, 4) is 0 Å². The van der Waals surface area contributed by atoms with Crippen molar-refractivity contribution >= 4 is 29.0 Å². The Hall–Kier alpha value is -2.20. The van der Waals surface area contributed by atoms with Gasteiger partial charge in [0, 0.05) is 22.7 Å². The van der Waals surface area contributed by atoms with Gasteiger partial charge >= 0.3 is 0 Å². The molecule has 5 heteroatoms. The molecule has 3 rings (SSSR count). The minimum Gasteiger partial charge on any atom is -0.326 e. The molecule has 1 N–H and O–H groups in total. The summed E-state index contributed by atoms with van der Waals surface area (Å²) in [7, 11) is 0. The van der Waals surface area contributed by atoms with E-state index in [0.717, 1.165) is 11.6 Å². The predicted octanol–water partition coefficient (Wildman–Crippen LogP) is 3.59. The lowest BCUT2D eigenvalue weighted by molar-refractivity contribution is -0.116. The molecule has 3 nitrogen and oxygen atoms in total. The number of rotatable bonds is 2. The van der Waals surface area contributed by atoms with E-state index in [9.17, 15) is 14.0 Å². The molecule has 0 spiro atoms. The fourth-order valence-electron chi connectivity index (χ4n) is 2.35. The van der Waals surface area contributed by atoms with E-state index in [-0.39, 0.29) is 16.5 Å². The van der Waals surface area contributed by atoms with Crippen LogP contribution in [0.5, 0.6) is 0 Å². The number of hydrogen-bond donors (Lipinski definition) is 1. The first-order valence-corrected chi connectivity index (χ1v) is 6.85. The molecule has 1 amide bonds. The molecule has 0 bridgehead atoms. The fraction of sp³-hybridized carbons (Fsp3) is 0.125. The van der Waals surface area contributed by atoms with Crippen molar-refractivity contribution in [2.75, 3.05) is 5.32 Å². The predicted molar refractivity (Wildman–Crippen MR) is 78.2 cm³/mol. The van der Waals surface area contributed by atoms with E-state index in [1.807, 2.05) is 0 Å². The molecule has 106 valence electrons. The van der Waals surface area contributed by atoms with E-state index < -0.39 is 11.6 Å². The van der Waals surface area contributed by atoms with Gasteiger partial charge in [-0.25, -0.2) is 4.39 Å². The summed E-state index contributed by atoms with van der Waals surface area (Å²) < 4.78 is 13.8. The normalized spacial score (nSPS) is 13.5. The molecule has 0 unspecified atom stereocenters. The van der Waals surface area contributed by atoms with Crippen LogP contribution in [0.3, 0.4) is 0 Å². The Morgan fingerprint density at radius 1 is 1.14 bits per heavy atom. The van der Waals surface area contributed by atoms with Crippen LogP contribution in [0.4, 0.5) is 10.1 Å². The molecule has 0 saturated carbocycles. The molecule has 1 aliphatic rings. The van der Waals surface area contributed by atoms with E-state index in [4.69, 9.17) is 11.6 Å². The monoisotopic (exact) mass is 303 g/mol. The Labute approximate surface area is 125 Å². The van der Waals surface area contributed by atoms with Gasteiger partial charge in [0.05, 0.1) is 5.56 Å². The first kappa shape index (κ1) is 13.8. The molecule has 0 aliphatic carbocycles. The second kappa shape index (κ2) is 5.30. The summed E-state index contributed by atoms with van der Waals surface area (Å²) >= 11 is 5.68. The largest absolute Gasteiger partial charge is 0.326 e. The Kier molecular flexibility index (Phi) is 3.47. The zero-order valence-electron chi connectivity index (χ0n) is 11.0. The van der Waals surface area contributed by atoms with Crippen molar-refractivity contribution in [2.24, 2.45) is 0 Å². The zero-order valence-corrected chi connectivity index (χ0v) is 11.7. The number of fused-ring (bicyclic) bond motifs is 1. The Morgan fingerprint density at radius 2 is 1.95 bits per heavy atom. The summed E-state index contributed by atoms with van der Waals surface area (Å²) in [5, 5.41) is 2.99. The van der Waals surface area contributed by atoms with E-state index in [2.05, 4.69) is 5.32 Å². The van der Waals surface area contributed by atoms with Gasteiger partial charge in [-0.1, -0.05) is 11.6 Å². The molecule has 1 heterocycles. The molecule has 21 heavy (non-hydrogen) atoms. The maximum Gasteiger partial charge on any atom is 0.224 e. The second-order valence-electron chi connectivity index (χ2n) is 4.87. The number of carbonyl (C=O) groups is 2. The Bertz CT molecular complexity index is 758. The SMILES string of the molecule is O=C1CCc2cc(C(=O)c3ccc(Cl)cc3F)ccc2N1. The number of anilines is 1. The van der Waals surface area contributed by atoms with Gasteiger partial charge in [-0.2, -0.15) is 0 Å². The highest BCUT2D eigenvalue weighted by atomic mass is 35.5. The minimum absolute atomic E-state index is 0.0146. The van der Waals surface area contributed by atoms with Gasteiger partial charge < -0.3 is 5.32 Å². The number of aryl methyl sites for hydroxylation is 1. The second-order valence-corrected chi connectivity index (χ2v) is 5.31. The first-order chi connectivity index (χ1) is 10.0. The standard InChI is InChI=1S/C16H11ClFNO2/c17-11-3-4-12(13(18)8-11)16(21)10-1-5-14-9(7-10)2-6-15(20)19-14/h1,3-5,7-8H,2,6H2,(H,19,20). The summed E-state index contributed by atoms with van der Waals surface area (Å²) in [5.41, 5.74) is 1.97. The maximum absolute atomic E-state index is 13.8. The van der Waals surface area contributed by atoms with Crippen LogP contribution in [0.25, 0.3) is 0 Å². The maximum atomic E-state index is 13.8. The van der Waals surface area contributed by atoms with Crippen molar-refractivity contribution in [1.29, 1.82) is 0 Å². The van der Waals surface area contributed by atoms with Crippen molar-refractivity contribution < 1.29 is 14.0 Å². The molecule has 0 fully saturated rings. The lowest BCUT2D eigenvalue weighted by Crippen LogP contribution is -2.19. The lowest BCUT2D eigenvalue weighted by atomic mass is 9.96. The van der Waals surface area contributed by atoms with Crippen LogP contribution in [-0.4, -0.2) is 11.7 Å². The highest BCUT2D eigenvalue weighted by molar-refractivity contribution is 6.30. The topological polar surface area (TPSA) is 46.2 Å². The highest BCUT2D eigenvalue weighted by Gasteiger charge is 2.19. The number of benzene rings is 2. The summed E-state index contributed by atoms with van der Waals surface area (Å²) in [6, 6.07) is 8.94. The van der Waals surface area contributed by atoms with E-state index >= 15 is 0 Å². The van der Waals surface area contributed by atoms with Gasteiger partial charge in [-0.05, 0) is 48.4 Å². The van der Waals surface area contributed by atoms with Crippen LogP contribution in [0.1, 0.15) is 27.9 Å². The molecule has 2 aromatic carbocycles. The summed E-state index contributed by atoms with van der Waals surface area (Å²) in [6.07, 6.45) is 0.964. The third-order valence-corrected chi connectivity index (χ3v) is 3.67. The smallest absolute Gasteiger partial charge is 0.224 e. The quantitative estimate of drug-likeness (QED) is 0.862. The van der Waals surface area contributed by atoms with E-state index in [1.54, 1.807) is 18.2 Å². The average molecular weight is 304 g/mol. The number of ketones is 1. The minimum atomic E-state index is -0.640. The summed E-state index contributed by atoms with van der Waals surface area (Å²) in [6.45, 7) is 0. The van der Waals surface area contributed by atoms with Crippen molar-refractivity contribution in [3.05, 3.63) is 63.9 Å². The zero-order chi connectivity index (χ0) is 15.0. The van der Waals surface area contributed by atoms with Gasteiger partial charge in [0.25, 0.3) is 0 Å². The third kappa shape index (κ3) is 2.67. The van der Waals surface area contributed by atoms with Crippen LogP contribution in [-0.2, 0) is 11.2 Å². The first-order valence-electron chi connectivity index (χ1n) is 6.47. The number of halogens is 2. The van der Waals surface area contributed by atoms with E-state index in [0.29, 0.717) is 24.1 Å². The molecule has 0 atom stereocenters. The molecule has 0 aromatic heterocycles. The number of nitrogens with one attached hydrogen (secondary N) is 1. The molecular weight excluding hydrogens is 293 g/mol. The van der Waals surface area contributed by atoms with Crippen LogP contribution in [0.2, 0.25) is 5.02 Å². The van der Waals surface area contributed by atoms with Crippen LogP contribution >= 0.6 is 11.6 Å². The lowest BCUT2D eigenvalue weighted by Gasteiger charge is -2.17. The van der Waals surface area contributed by atoms with Gasteiger partial charge in [-0.15, -0.1) is 0 Å². The molecule has 1 aliphatic heterocycles. The van der Waals surface area contributed by atoms with Gasteiger partial charge in [0.2, 0.25) is 5.91 Å². The Balaban J connectivity index is 1.97. The average Bonchev–Trinajstić information content (AvgIpc) is 2.46. The third-order valence-electron chi connectivity index (χ3n) is 3.44. The molecular formula is C16H11ClFNO2. The van der Waals surface area contributed by atoms with Gasteiger partial charge in [-0.3, -0.25) is 9.59 Å². The number of hydrogen-bond acceptors (Lipinski definition) is 2. The molecule has 0 saturated heterocycles.